The Bertz CT molecular complexity index is 3460. The van der Waals surface area contributed by atoms with Gasteiger partial charge in [-0.1, -0.05) is 268 Å². The molecule has 576 valence electrons. The molecule has 12 heteroatoms. The molecule has 2 unspecified atom stereocenters. The zero-order valence-corrected chi connectivity index (χ0v) is 65.5. The zero-order valence-electron chi connectivity index (χ0n) is 65.5. The zero-order chi connectivity index (χ0) is 75.1. The number of hydrogen-bond acceptors (Lipinski definition) is 12. The van der Waals surface area contributed by atoms with Crippen LogP contribution in [0.25, 0.3) is 22.3 Å². The molecule has 0 N–H and O–H groups in total. The van der Waals surface area contributed by atoms with Gasteiger partial charge >= 0.3 is 11.9 Å². The summed E-state index contributed by atoms with van der Waals surface area (Å²) >= 11 is 0. The highest BCUT2D eigenvalue weighted by Crippen LogP contribution is 2.33. The van der Waals surface area contributed by atoms with Gasteiger partial charge in [-0.05, 0) is 168 Å². The van der Waals surface area contributed by atoms with E-state index in [9.17, 15) is 9.59 Å². The molecule has 0 saturated heterocycles. The summed E-state index contributed by atoms with van der Waals surface area (Å²) in [5.74, 6) is 5.99. The van der Waals surface area contributed by atoms with Crippen LogP contribution in [-0.2, 0) is 13.2 Å². The Balaban J connectivity index is 0.866. The third-order valence-corrected chi connectivity index (χ3v) is 19.9. The van der Waals surface area contributed by atoms with E-state index in [0.29, 0.717) is 79.2 Å². The molecule has 0 aliphatic rings. The summed E-state index contributed by atoms with van der Waals surface area (Å²) in [5, 5.41) is 0. The van der Waals surface area contributed by atoms with Crippen LogP contribution in [0.15, 0.2) is 182 Å². The van der Waals surface area contributed by atoms with Gasteiger partial charge in [-0.15, -0.1) is 0 Å². The van der Waals surface area contributed by atoms with E-state index in [2.05, 4.69) is 65.8 Å². The quantitative estimate of drug-likeness (QED) is 0.0205. The highest BCUT2D eigenvalue weighted by Gasteiger charge is 2.21. The van der Waals surface area contributed by atoms with Crippen molar-refractivity contribution in [2.75, 3.05) is 39.6 Å². The Morgan fingerprint density at radius 2 is 0.542 bits per heavy atom. The van der Waals surface area contributed by atoms with Crippen LogP contribution in [0, 0.1) is 11.8 Å². The van der Waals surface area contributed by atoms with Crippen molar-refractivity contribution in [3.8, 4) is 79.7 Å². The van der Waals surface area contributed by atoms with E-state index in [1.54, 1.807) is 60.7 Å². The first-order chi connectivity index (χ1) is 52.6. The molecule has 8 aromatic carbocycles. The second-order valence-electron chi connectivity index (χ2n) is 28.6. The van der Waals surface area contributed by atoms with Crippen LogP contribution < -0.4 is 47.4 Å². The predicted molar refractivity (Wildman–Crippen MR) is 436 cm³/mol. The van der Waals surface area contributed by atoms with Gasteiger partial charge in [0, 0.05) is 18.6 Å². The molecule has 107 heavy (non-hydrogen) atoms. The fraction of sp³-hybridized carbons (Fsp3) is 0.474. The molecule has 8 rings (SSSR count). The lowest BCUT2D eigenvalue weighted by Gasteiger charge is -2.16. The number of unbranched alkanes of at least 4 members (excludes halogenated alkanes) is 20. The van der Waals surface area contributed by atoms with Crippen LogP contribution in [0.1, 0.15) is 260 Å². The van der Waals surface area contributed by atoms with E-state index in [0.717, 1.165) is 108 Å². The third kappa shape index (κ3) is 31.5. The minimum Gasteiger partial charge on any atom is -0.493 e. The average Bonchev–Trinajstić information content (AvgIpc) is 0.831. The largest absolute Gasteiger partial charge is 0.493 e. The van der Waals surface area contributed by atoms with Gasteiger partial charge in [0.25, 0.3) is 0 Å². The molecule has 0 aliphatic carbocycles. The van der Waals surface area contributed by atoms with Gasteiger partial charge in [0.1, 0.15) is 81.8 Å². The van der Waals surface area contributed by atoms with Crippen LogP contribution in [0.3, 0.4) is 0 Å². The van der Waals surface area contributed by atoms with Crippen molar-refractivity contribution in [2.24, 2.45) is 11.8 Å². The highest BCUT2D eigenvalue weighted by atomic mass is 16.5. The summed E-state index contributed by atoms with van der Waals surface area (Å²) in [6.07, 6.45) is 34.5. The second kappa shape index (κ2) is 49.9. The summed E-state index contributed by atoms with van der Waals surface area (Å²) in [5.41, 5.74) is 6.56. The maximum absolute atomic E-state index is 14.2. The topological polar surface area (TPSA) is 126 Å². The van der Waals surface area contributed by atoms with Gasteiger partial charge in [-0.2, -0.15) is 0 Å². The molecule has 0 radical (unpaired) electrons. The van der Waals surface area contributed by atoms with Crippen LogP contribution in [0.5, 0.6) is 57.5 Å². The summed E-state index contributed by atoms with van der Waals surface area (Å²) in [4.78, 5) is 28.3. The second-order valence-corrected chi connectivity index (χ2v) is 28.6. The summed E-state index contributed by atoms with van der Waals surface area (Å²) < 4.78 is 62.1. The molecular formula is C95H124O12. The van der Waals surface area contributed by atoms with Crippen LogP contribution >= 0.6 is 0 Å². The number of carbonyl (C=O) groups excluding carboxylic acids is 2. The summed E-state index contributed by atoms with van der Waals surface area (Å²) in [6.45, 7) is 17.3. The molecule has 8 aromatic rings. The Morgan fingerprint density at radius 3 is 0.869 bits per heavy atom. The third-order valence-electron chi connectivity index (χ3n) is 19.9. The molecular weight excluding hydrogens is 1330 g/mol. The molecule has 0 amide bonds. The van der Waals surface area contributed by atoms with Crippen molar-refractivity contribution in [3.63, 3.8) is 0 Å². The average molecular weight is 1460 g/mol. The van der Waals surface area contributed by atoms with Crippen molar-refractivity contribution in [1.29, 1.82) is 0 Å². The number of hydrogen-bond donors (Lipinski definition) is 0. The van der Waals surface area contributed by atoms with Gasteiger partial charge in [0.15, 0.2) is 0 Å². The Hall–Kier alpha value is -8.90. The lowest BCUT2D eigenvalue weighted by molar-refractivity contribution is 0.0721. The summed E-state index contributed by atoms with van der Waals surface area (Å²) in [7, 11) is 0. The first-order valence-corrected chi connectivity index (χ1v) is 41.0. The molecule has 0 aromatic heterocycles. The van der Waals surface area contributed by atoms with E-state index < -0.39 is 11.9 Å². The van der Waals surface area contributed by atoms with Crippen molar-refractivity contribution in [1.82, 2.24) is 0 Å². The molecule has 0 saturated carbocycles. The first kappa shape index (κ1) is 83.7. The molecule has 2 atom stereocenters. The van der Waals surface area contributed by atoms with Crippen molar-refractivity contribution < 1.29 is 57.0 Å². The highest BCUT2D eigenvalue weighted by molar-refractivity contribution is 5.95. The molecule has 0 aliphatic heterocycles. The molecule has 0 heterocycles. The first-order valence-electron chi connectivity index (χ1n) is 41.0. The number of rotatable bonds is 56. The SMILES string of the molecule is CCCCCCCCCCCCOc1ccc(C(=O)Oc2ccc(-c3ccc(OCc4ccc(OCC(CC)CCCC)cc4)cc3)cc2)c(OCCCOc2cc(OCCCCCCCCCCCC)ccc2C(=O)Oc2ccc(-c3ccc(OCc4ccc(OCC(CC)CCCC)cc4)cc3)cc2)c1. The van der Waals surface area contributed by atoms with Gasteiger partial charge in [0.2, 0.25) is 0 Å². The van der Waals surface area contributed by atoms with E-state index in [1.807, 2.05) is 97.1 Å². The fourth-order valence-electron chi connectivity index (χ4n) is 12.9. The number of benzene rings is 8. The van der Waals surface area contributed by atoms with Crippen molar-refractivity contribution in [2.45, 2.75) is 241 Å². The van der Waals surface area contributed by atoms with E-state index in [4.69, 9.17) is 47.4 Å². The monoisotopic (exact) mass is 1460 g/mol. The summed E-state index contributed by atoms with van der Waals surface area (Å²) in [6, 6.07) is 57.8. The fourth-order valence-corrected chi connectivity index (χ4v) is 12.9. The Kier molecular flexibility index (Phi) is 39.0. The Labute approximate surface area is 641 Å². The lowest BCUT2D eigenvalue weighted by atomic mass is 10.0. The maximum Gasteiger partial charge on any atom is 0.347 e. The lowest BCUT2D eigenvalue weighted by Crippen LogP contribution is -2.14. The number of ether oxygens (including phenoxy) is 10. The van der Waals surface area contributed by atoms with E-state index in [1.165, 1.54) is 141 Å². The maximum atomic E-state index is 14.2. The number of esters is 2. The molecule has 0 fully saturated rings. The van der Waals surface area contributed by atoms with E-state index in [-0.39, 0.29) is 24.3 Å². The minimum atomic E-state index is -0.564. The van der Waals surface area contributed by atoms with Crippen molar-refractivity contribution >= 4 is 11.9 Å². The standard InChI is InChI=1S/C95H124O12/c1-7-13-17-19-21-23-25-27-29-31-64-98-88-60-62-90(94(96)106-86-56-44-80(45-57-86)78-40-52-84(53-41-78)104-72-76-36-48-82(49-37-76)102-70-74(11-5)34-15-9-3)92(68-88)100-66-33-67-101-93-69-89(99-65-32-30-28-26-24-22-20-18-14-8-2)61-63-91(93)95(97)107-87-58-46-81(47-59-87)79-42-54-85(55-43-79)105-73-77-38-50-83(51-39-77)103-71-75(12-6)35-16-10-4/h36-63,68-69,74-75H,7-35,64-67,70-73H2,1-6H3. The molecule has 0 bridgehead atoms. The van der Waals surface area contributed by atoms with Gasteiger partial charge < -0.3 is 47.4 Å². The normalized spacial score (nSPS) is 11.7. The predicted octanol–water partition coefficient (Wildman–Crippen LogP) is 26.3. The number of carbonyl (C=O) groups is 2. The molecule has 12 nitrogen and oxygen atoms in total. The van der Waals surface area contributed by atoms with Crippen molar-refractivity contribution in [3.05, 3.63) is 204 Å². The van der Waals surface area contributed by atoms with E-state index >= 15 is 0 Å². The smallest absolute Gasteiger partial charge is 0.347 e. The van der Waals surface area contributed by atoms with Gasteiger partial charge in [0.05, 0.1) is 39.6 Å². The minimum absolute atomic E-state index is 0.183. The van der Waals surface area contributed by atoms with Crippen LogP contribution in [-0.4, -0.2) is 51.6 Å². The van der Waals surface area contributed by atoms with Gasteiger partial charge in [-0.3, -0.25) is 0 Å². The van der Waals surface area contributed by atoms with Crippen LogP contribution in [0.4, 0.5) is 0 Å². The van der Waals surface area contributed by atoms with Gasteiger partial charge in [-0.25, -0.2) is 9.59 Å². The molecule has 0 spiro atoms. The Morgan fingerprint density at radius 1 is 0.262 bits per heavy atom. The van der Waals surface area contributed by atoms with Crippen LogP contribution in [0.2, 0.25) is 0 Å².